The molecule has 0 spiro atoms. The van der Waals surface area contributed by atoms with Gasteiger partial charge in [-0.2, -0.15) is 5.26 Å². The smallest absolute Gasteiger partial charge is 0.144 e. The van der Waals surface area contributed by atoms with Crippen molar-refractivity contribution in [2.45, 2.75) is 5.92 Å². The van der Waals surface area contributed by atoms with Crippen LogP contribution >= 0.6 is 0 Å². The molecule has 1 N–H and O–H groups in total. The number of hydrogen-bond acceptors (Lipinski definition) is 3. The minimum Gasteiger partial charge on any atom is -0.494 e. The maximum absolute atomic E-state index is 13.1. The summed E-state index contributed by atoms with van der Waals surface area (Å²) in [5, 5.41) is 12.4. The van der Waals surface area contributed by atoms with Crippen LogP contribution in [0.25, 0.3) is 0 Å². The highest BCUT2D eigenvalue weighted by atomic mass is 19.1. The molecule has 1 atom stereocenters. The molecule has 4 heteroatoms. The van der Waals surface area contributed by atoms with Crippen LogP contribution in [-0.4, -0.2) is 13.7 Å². The molecule has 0 aliphatic heterocycles. The van der Waals surface area contributed by atoms with Crippen LogP contribution in [0.2, 0.25) is 0 Å². The highest BCUT2D eigenvalue weighted by Gasteiger charge is 2.11. The van der Waals surface area contributed by atoms with E-state index in [2.05, 4.69) is 11.4 Å². The summed E-state index contributed by atoms with van der Waals surface area (Å²) in [7, 11) is 1.49. The predicted octanol–water partition coefficient (Wildman–Crippen LogP) is 3.55. The number of anilines is 1. The molecule has 1 unspecified atom stereocenters. The fraction of sp³-hybridized carbons (Fsp3) is 0.188. The summed E-state index contributed by atoms with van der Waals surface area (Å²) < 4.78 is 18.2. The van der Waals surface area contributed by atoms with E-state index in [0.29, 0.717) is 18.0 Å². The van der Waals surface area contributed by atoms with Crippen molar-refractivity contribution in [1.82, 2.24) is 0 Å². The maximum atomic E-state index is 13.1. The van der Waals surface area contributed by atoms with E-state index in [1.807, 2.05) is 30.3 Å². The van der Waals surface area contributed by atoms with Crippen molar-refractivity contribution in [2.75, 3.05) is 19.0 Å². The lowest BCUT2D eigenvalue weighted by atomic mass is 10.0. The second kappa shape index (κ2) is 6.58. The van der Waals surface area contributed by atoms with Gasteiger partial charge in [-0.1, -0.05) is 30.3 Å². The third-order valence-electron chi connectivity index (χ3n) is 3.02. The SMILES string of the molecule is COc1cc(F)ccc1NCC(C#N)c1ccccc1. The molecular weight excluding hydrogens is 255 g/mol. The van der Waals surface area contributed by atoms with Gasteiger partial charge in [0, 0.05) is 12.6 Å². The summed E-state index contributed by atoms with van der Waals surface area (Å²) in [5.41, 5.74) is 1.62. The van der Waals surface area contributed by atoms with Gasteiger partial charge >= 0.3 is 0 Å². The third kappa shape index (κ3) is 3.27. The van der Waals surface area contributed by atoms with Gasteiger partial charge in [-0.3, -0.25) is 0 Å². The summed E-state index contributed by atoms with van der Waals surface area (Å²) in [4.78, 5) is 0. The van der Waals surface area contributed by atoms with Gasteiger partial charge in [0.25, 0.3) is 0 Å². The Morgan fingerprint density at radius 2 is 2.00 bits per heavy atom. The highest BCUT2D eigenvalue weighted by molar-refractivity contribution is 5.56. The Labute approximate surface area is 117 Å². The highest BCUT2D eigenvalue weighted by Crippen LogP contribution is 2.26. The molecule has 0 saturated heterocycles. The number of nitriles is 1. The molecule has 0 aliphatic carbocycles. The average Bonchev–Trinajstić information content (AvgIpc) is 2.50. The molecule has 0 bridgehead atoms. The van der Waals surface area contributed by atoms with Crippen molar-refractivity contribution < 1.29 is 9.13 Å². The molecule has 0 aromatic heterocycles. The first kappa shape index (κ1) is 13.9. The number of ether oxygens (including phenoxy) is 1. The Hall–Kier alpha value is -2.54. The van der Waals surface area contributed by atoms with Crippen LogP contribution < -0.4 is 10.1 Å². The van der Waals surface area contributed by atoms with Crippen molar-refractivity contribution in [3.05, 3.63) is 59.9 Å². The molecule has 0 amide bonds. The topological polar surface area (TPSA) is 45.0 Å². The van der Waals surface area contributed by atoms with Crippen molar-refractivity contribution in [3.63, 3.8) is 0 Å². The number of methoxy groups -OCH3 is 1. The summed E-state index contributed by atoms with van der Waals surface area (Å²) in [6.07, 6.45) is 0. The maximum Gasteiger partial charge on any atom is 0.144 e. The largest absolute Gasteiger partial charge is 0.494 e. The van der Waals surface area contributed by atoms with Gasteiger partial charge in [0.2, 0.25) is 0 Å². The molecule has 2 aromatic carbocycles. The van der Waals surface area contributed by atoms with E-state index in [1.165, 1.54) is 19.2 Å². The number of halogens is 1. The van der Waals surface area contributed by atoms with Gasteiger partial charge in [0.05, 0.1) is 24.8 Å². The van der Waals surface area contributed by atoms with Gasteiger partial charge < -0.3 is 10.1 Å². The van der Waals surface area contributed by atoms with E-state index in [-0.39, 0.29) is 11.7 Å². The number of hydrogen-bond donors (Lipinski definition) is 1. The molecule has 20 heavy (non-hydrogen) atoms. The summed E-state index contributed by atoms with van der Waals surface area (Å²) in [6, 6.07) is 16.1. The Bertz CT molecular complexity index is 608. The zero-order chi connectivity index (χ0) is 14.4. The summed E-state index contributed by atoms with van der Waals surface area (Å²) in [6.45, 7) is 0.433. The number of benzene rings is 2. The van der Waals surface area contributed by atoms with Crippen molar-refractivity contribution in [2.24, 2.45) is 0 Å². The van der Waals surface area contributed by atoms with Crippen molar-refractivity contribution in [3.8, 4) is 11.8 Å². The first-order chi connectivity index (χ1) is 9.74. The number of nitrogens with one attached hydrogen (secondary N) is 1. The van der Waals surface area contributed by atoms with Crippen LogP contribution in [0.5, 0.6) is 5.75 Å². The van der Waals surface area contributed by atoms with E-state index in [1.54, 1.807) is 6.07 Å². The lowest BCUT2D eigenvalue weighted by molar-refractivity contribution is 0.413. The second-order valence-corrected chi connectivity index (χ2v) is 4.32. The molecule has 3 nitrogen and oxygen atoms in total. The summed E-state index contributed by atoms with van der Waals surface area (Å²) >= 11 is 0. The summed E-state index contributed by atoms with van der Waals surface area (Å²) in [5.74, 6) is -0.201. The van der Waals surface area contributed by atoms with Crippen LogP contribution in [0, 0.1) is 17.1 Å². The lowest BCUT2D eigenvalue weighted by Crippen LogP contribution is -2.11. The van der Waals surface area contributed by atoms with Crippen LogP contribution in [0.4, 0.5) is 10.1 Å². The molecule has 102 valence electrons. The zero-order valence-electron chi connectivity index (χ0n) is 11.1. The van der Waals surface area contributed by atoms with Crippen LogP contribution in [0.1, 0.15) is 11.5 Å². The van der Waals surface area contributed by atoms with Crippen molar-refractivity contribution in [1.29, 1.82) is 5.26 Å². The van der Waals surface area contributed by atoms with Gasteiger partial charge in [-0.15, -0.1) is 0 Å². The van der Waals surface area contributed by atoms with Gasteiger partial charge in [-0.25, -0.2) is 4.39 Å². The quantitative estimate of drug-likeness (QED) is 0.903. The van der Waals surface area contributed by atoms with Crippen molar-refractivity contribution >= 4 is 5.69 Å². The first-order valence-corrected chi connectivity index (χ1v) is 6.26. The van der Waals surface area contributed by atoms with E-state index in [9.17, 15) is 9.65 Å². The van der Waals surface area contributed by atoms with Gasteiger partial charge in [0.15, 0.2) is 0 Å². The normalized spacial score (nSPS) is 11.4. The van der Waals surface area contributed by atoms with Crippen LogP contribution in [-0.2, 0) is 0 Å². The Morgan fingerprint density at radius 3 is 2.65 bits per heavy atom. The van der Waals surface area contributed by atoms with Crippen LogP contribution in [0.3, 0.4) is 0 Å². The van der Waals surface area contributed by atoms with Gasteiger partial charge in [-0.05, 0) is 17.7 Å². The fourth-order valence-electron chi connectivity index (χ4n) is 1.95. The zero-order valence-corrected chi connectivity index (χ0v) is 11.1. The molecule has 2 aromatic rings. The lowest BCUT2D eigenvalue weighted by Gasteiger charge is -2.14. The molecule has 2 rings (SSSR count). The average molecular weight is 270 g/mol. The molecule has 0 aliphatic rings. The molecule has 0 heterocycles. The van der Waals surface area contributed by atoms with Gasteiger partial charge in [0.1, 0.15) is 11.6 Å². The van der Waals surface area contributed by atoms with E-state index in [0.717, 1.165) is 5.56 Å². The van der Waals surface area contributed by atoms with Crippen LogP contribution in [0.15, 0.2) is 48.5 Å². The van der Waals surface area contributed by atoms with E-state index in [4.69, 9.17) is 4.74 Å². The standard InChI is InChI=1S/C16H15FN2O/c1-20-16-9-14(17)7-8-15(16)19-11-13(10-18)12-5-3-2-4-6-12/h2-9,13,19H,11H2,1H3. The minimum absolute atomic E-state index is 0.272. The second-order valence-electron chi connectivity index (χ2n) is 4.32. The van der Waals surface area contributed by atoms with E-state index < -0.39 is 0 Å². The Balaban J connectivity index is 2.10. The molecule has 0 radical (unpaired) electrons. The Kier molecular flexibility index (Phi) is 4.56. The molecular formula is C16H15FN2O. The Morgan fingerprint density at radius 1 is 1.25 bits per heavy atom. The first-order valence-electron chi connectivity index (χ1n) is 6.26. The third-order valence-corrected chi connectivity index (χ3v) is 3.02. The van der Waals surface area contributed by atoms with E-state index >= 15 is 0 Å². The number of nitrogens with zero attached hydrogens (tertiary/aromatic N) is 1. The molecule has 0 saturated carbocycles. The predicted molar refractivity (Wildman–Crippen MR) is 76.2 cm³/mol. The minimum atomic E-state index is -0.354. The number of rotatable bonds is 5. The monoisotopic (exact) mass is 270 g/mol. The fourth-order valence-corrected chi connectivity index (χ4v) is 1.95. The molecule has 0 fully saturated rings.